The van der Waals surface area contributed by atoms with E-state index in [0.717, 1.165) is 10.8 Å². The zero-order valence-corrected chi connectivity index (χ0v) is 14.6. The summed E-state index contributed by atoms with van der Waals surface area (Å²) < 4.78 is 5.76. The number of fused-ring (bicyclic) bond motifs is 1. The van der Waals surface area contributed by atoms with E-state index >= 15 is 0 Å². The number of nitro groups is 1. The lowest BCUT2D eigenvalue weighted by molar-refractivity contribution is -0.384. The van der Waals surface area contributed by atoms with Crippen LogP contribution in [-0.4, -0.2) is 23.1 Å². The third-order valence-electron chi connectivity index (χ3n) is 3.61. The first-order chi connectivity index (χ1) is 12.5. The van der Waals surface area contributed by atoms with Gasteiger partial charge in [-0.3, -0.25) is 14.9 Å². The number of carbonyl (C=O) groups excluding carboxylic acids is 1. The van der Waals surface area contributed by atoms with Crippen LogP contribution < -0.4 is 10.2 Å². The standard InChI is InChI=1S/C18H15N3O4S/c1-12(25-17-8-4-6-13-5-2-3-7-16(13)17)18(22)20-19-10-15-9-14(11-26-15)21(23)24/h2-12H,1H3,(H,20,22)/t12-/m0/s1. The van der Waals surface area contributed by atoms with E-state index in [-0.39, 0.29) is 5.69 Å². The quantitative estimate of drug-likeness (QED) is 0.407. The van der Waals surface area contributed by atoms with Crippen molar-refractivity contribution in [2.24, 2.45) is 5.10 Å². The zero-order valence-electron chi connectivity index (χ0n) is 13.8. The van der Waals surface area contributed by atoms with Crippen LogP contribution in [0.2, 0.25) is 0 Å². The summed E-state index contributed by atoms with van der Waals surface area (Å²) in [6.07, 6.45) is 0.607. The SMILES string of the molecule is C[C@H](Oc1cccc2ccccc12)C(=O)NN=Cc1cc([N+](=O)[O-])cs1. The Balaban J connectivity index is 1.62. The van der Waals surface area contributed by atoms with E-state index in [4.69, 9.17) is 4.74 Å². The lowest BCUT2D eigenvalue weighted by atomic mass is 10.1. The van der Waals surface area contributed by atoms with Gasteiger partial charge in [0.15, 0.2) is 6.10 Å². The normalized spacial score (nSPS) is 12.2. The van der Waals surface area contributed by atoms with E-state index < -0.39 is 16.9 Å². The maximum Gasteiger partial charge on any atom is 0.280 e. The third kappa shape index (κ3) is 4.04. The molecule has 0 bridgehead atoms. The number of hydrogen-bond acceptors (Lipinski definition) is 6. The van der Waals surface area contributed by atoms with Crippen molar-refractivity contribution in [1.29, 1.82) is 0 Å². The number of hydrazone groups is 1. The van der Waals surface area contributed by atoms with Gasteiger partial charge in [-0.15, -0.1) is 11.3 Å². The summed E-state index contributed by atoms with van der Waals surface area (Å²) in [7, 11) is 0. The zero-order chi connectivity index (χ0) is 18.5. The molecule has 8 heteroatoms. The summed E-state index contributed by atoms with van der Waals surface area (Å²) in [6, 6.07) is 14.8. The minimum absolute atomic E-state index is 0.00423. The van der Waals surface area contributed by atoms with Crippen molar-refractivity contribution in [2.45, 2.75) is 13.0 Å². The fraction of sp³-hybridized carbons (Fsp3) is 0.111. The molecule has 3 rings (SSSR count). The van der Waals surface area contributed by atoms with Crippen molar-refractivity contribution in [3.05, 3.63) is 68.9 Å². The van der Waals surface area contributed by atoms with Gasteiger partial charge >= 0.3 is 0 Å². The van der Waals surface area contributed by atoms with Gasteiger partial charge in [0, 0.05) is 11.5 Å². The number of ether oxygens (including phenoxy) is 1. The predicted molar refractivity (Wildman–Crippen MR) is 101 cm³/mol. The maximum atomic E-state index is 12.1. The molecule has 1 heterocycles. The van der Waals surface area contributed by atoms with Gasteiger partial charge in [0.25, 0.3) is 11.6 Å². The van der Waals surface area contributed by atoms with E-state index in [1.54, 1.807) is 13.0 Å². The summed E-state index contributed by atoms with van der Waals surface area (Å²) in [5.41, 5.74) is 2.38. The molecule has 1 aromatic heterocycles. The molecule has 0 aliphatic heterocycles. The molecule has 0 aliphatic carbocycles. The van der Waals surface area contributed by atoms with Gasteiger partial charge in [0.05, 0.1) is 21.4 Å². The Bertz CT molecular complexity index is 978. The van der Waals surface area contributed by atoms with E-state index in [1.165, 1.54) is 29.0 Å². The van der Waals surface area contributed by atoms with E-state index in [0.29, 0.717) is 10.6 Å². The minimum atomic E-state index is -0.754. The Morgan fingerprint density at radius 2 is 2.08 bits per heavy atom. The van der Waals surface area contributed by atoms with Crippen LogP contribution in [0.1, 0.15) is 11.8 Å². The van der Waals surface area contributed by atoms with Crippen molar-refractivity contribution in [1.82, 2.24) is 5.43 Å². The molecule has 0 unspecified atom stereocenters. The summed E-state index contributed by atoms with van der Waals surface area (Å²) in [6.45, 7) is 1.63. The number of hydrogen-bond donors (Lipinski definition) is 1. The molecule has 2 aromatic carbocycles. The topological polar surface area (TPSA) is 93.8 Å². The fourth-order valence-electron chi connectivity index (χ4n) is 2.30. The number of thiophene rings is 1. The highest BCUT2D eigenvalue weighted by molar-refractivity contribution is 7.12. The summed E-state index contributed by atoms with van der Waals surface area (Å²) in [5.74, 6) is 0.198. The number of amides is 1. The van der Waals surface area contributed by atoms with E-state index in [9.17, 15) is 14.9 Å². The van der Waals surface area contributed by atoms with Gasteiger partial charge in [0.2, 0.25) is 0 Å². The smallest absolute Gasteiger partial charge is 0.280 e. The average molecular weight is 369 g/mol. The van der Waals surface area contributed by atoms with Crippen molar-refractivity contribution < 1.29 is 14.5 Å². The average Bonchev–Trinajstić information content (AvgIpc) is 3.11. The Kier molecular flexibility index (Phi) is 5.23. The van der Waals surface area contributed by atoms with Crippen LogP contribution >= 0.6 is 11.3 Å². The molecule has 0 fully saturated rings. The third-order valence-corrected chi connectivity index (χ3v) is 4.46. The van der Waals surface area contributed by atoms with Crippen LogP contribution in [-0.2, 0) is 4.79 Å². The molecule has 1 amide bonds. The highest BCUT2D eigenvalue weighted by Gasteiger charge is 2.15. The van der Waals surface area contributed by atoms with Crippen LogP contribution in [0.4, 0.5) is 5.69 Å². The van der Waals surface area contributed by atoms with Crippen LogP contribution in [0.25, 0.3) is 10.8 Å². The van der Waals surface area contributed by atoms with Crippen LogP contribution in [0, 0.1) is 10.1 Å². The molecule has 0 saturated carbocycles. The second-order valence-electron chi connectivity index (χ2n) is 5.44. The van der Waals surface area contributed by atoms with Crippen LogP contribution in [0.5, 0.6) is 5.75 Å². The van der Waals surface area contributed by atoms with E-state index in [1.807, 2.05) is 36.4 Å². The lowest BCUT2D eigenvalue weighted by Gasteiger charge is -2.14. The molecule has 7 nitrogen and oxygen atoms in total. The fourth-order valence-corrected chi connectivity index (χ4v) is 3.01. The van der Waals surface area contributed by atoms with Gasteiger partial charge in [0.1, 0.15) is 5.75 Å². The van der Waals surface area contributed by atoms with Crippen molar-refractivity contribution >= 4 is 39.9 Å². The molecule has 26 heavy (non-hydrogen) atoms. The number of nitrogens with one attached hydrogen (secondary N) is 1. The van der Waals surface area contributed by atoms with Crippen LogP contribution in [0.3, 0.4) is 0 Å². The monoisotopic (exact) mass is 369 g/mol. The second-order valence-corrected chi connectivity index (χ2v) is 6.38. The van der Waals surface area contributed by atoms with Crippen molar-refractivity contribution in [3.8, 4) is 5.75 Å². The Morgan fingerprint density at radius 3 is 2.85 bits per heavy atom. The predicted octanol–water partition coefficient (Wildman–Crippen LogP) is 3.73. The van der Waals surface area contributed by atoms with Gasteiger partial charge in [-0.2, -0.15) is 5.10 Å². The van der Waals surface area contributed by atoms with E-state index in [2.05, 4.69) is 10.5 Å². The molecule has 3 aromatic rings. The largest absolute Gasteiger partial charge is 0.480 e. The minimum Gasteiger partial charge on any atom is -0.480 e. The van der Waals surface area contributed by atoms with Gasteiger partial charge in [-0.25, -0.2) is 5.43 Å². The number of nitrogens with zero attached hydrogens (tertiary/aromatic N) is 2. The van der Waals surface area contributed by atoms with Crippen LogP contribution in [0.15, 0.2) is 59.0 Å². The van der Waals surface area contributed by atoms with Crippen molar-refractivity contribution in [3.63, 3.8) is 0 Å². The Morgan fingerprint density at radius 1 is 1.31 bits per heavy atom. The highest BCUT2D eigenvalue weighted by atomic mass is 32.1. The number of rotatable bonds is 6. The molecular weight excluding hydrogens is 354 g/mol. The van der Waals surface area contributed by atoms with Gasteiger partial charge in [-0.05, 0) is 18.4 Å². The first-order valence-electron chi connectivity index (χ1n) is 7.75. The first kappa shape index (κ1) is 17.6. The number of carbonyl (C=O) groups is 1. The molecular formula is C18H15N3O4S. The maximum absolute atomic E-state index is 12.1. The molecule has 1 atom stereocenters. The van der Waals surface area contributed by atoms with Gasteiger partial charge < -0.3 is 4.74 Å². The molecule has 0 radical (unpaired) electrons. The molecule has 0 saturated heterocycles. The summed E-state index contributed by atoms with van der Waals surface area (Å²) in [5, 5.41) is 17.8. The Labute approximate surface area is 153 Å². The number of benzene rings is 2. The van der Waals surface area contributed by atoms with Gasteiger partial charge in [-0.1, -0.05) is 36.4 Å². The molecule has 0 aliphatic rings. The molecule has 0 spiro atoms. The summed E-state index contributed by atoms with van der Waals surface area (Å²) >= 11 is 1.17. The molecule has 1 N–H and O–H groups in total. The summed E-state index contributed by atoms with van der Waals surface area (Å²) in [4.78, 5) is 22.9. The highest BCUT2D eigenvalue weighted by Crippen LogP contribution is 2.26. The Hall–Kier alpha value is -3.26. The second kappa shape index (κ2) is 7.75. The van der Waals surface area contributed by atoms with Crippen molar-refractivity contribution in [2.75, 3.05) is 0 Å². The molecule has 132 valence electrons. The first-order valence-corrected chi connectivity index (χ1v) is 8.63. The lowest BCUT2D eigenvalue weighted by Crippen LogP contribution is -2.33.